The van der Waals surface area contributed by atoms with Crippen molar-refractivity contribution >= 4 is 35.8 Å². The van der Waals surface area contributed by atoms with Crippen LogP contribution >= 0.6 is 24.0 Å². The molecule has 2 aliphatic heterocycles. The fraction of sp³-hybridized carbons (Fsp3) is 0.636. The quantitative estimate of drug-likeness (QED) is 0.384. The van der Waals surface area contributed by atoms with Crippen LogP contribution in [0.4, 0.5) is 0 Å². The fourth-order valence-corrected chi connectivity index (χ4v) is 4.61. The Balaban J connectivity index is 0.00000240. The molecule has 1 aromatic rings. The molecule has 1 N–H and O–H groups in total. The molecule has 1 amide bonds. The number of hydrogen-bond donors (Lipinski definition) is 1. The van der Waals surface area contributed by atoms with Gasteiger partial charge in [0, 0.05) is 45.2 Å². The molecule has 3 aliphatic rings. The zero-order chi connectivity index (χ0) is 19.6. The summed E-state index contributed by atoms with van der Waals surface area (Å²) in [6, 6.07) is 9.08. The number of likely N-dealkylation sites (tertiary alicyclic amines) is 1. The third kappa shape index (κ3) is 5.23. The number of nitrogens with one attached hydrogen (secondary N) is 1. The molecule has 4 rings (SSSR count). The molecule has 7 heteroatoms. The smallest absolute Gasteiger partial charge is 0.243 e. The third-order valence-corrected chi connectivity index (χ3v) is 6.47. The summed E-state index contributed by atoms with van der Waals surface area (Å²) >= 11 is 0. The summed E-state index contributed by atoms with van der Waals surface area (Å²) in [4.78, 5) is 20.8. The number of amides is 1. The predicted molar refractivity (Wildman–Crippen MR) is 126 cm³/mol. The number of fused-ring (bicyclic) bond motifs is 1. The number of carbonyl (C=O) groups is 1. The Morgan fingerprint density at radius 3 is 2.83 bits per heavy atom. The minimum atomic E-state index is 0. The summed E-state index contributed by atoms with van der Waals surface area (Å²) in [5.74, 6) is 0.926. The number of hydrogen-bond acceptors (Lipinski definition) is 3. The van der Waals surface area contributed by atoms with Crippen LogP contribution in [0.15, 0.2) is 29.3 Å². The van der Waals surface area contributed by atoms with Gasteiger partial charge in [0.25, 0.3) is 0 Å². The molecule has 29 heavy (non-hydrogen) atoms. The van der Waals surface area contributed by atoms with Crippen LogP contribution in [0.25, 0.3) is 0 Å². The zero-order valence-electron chi connectivity index (χ0n) is 17.5. The van der Waals surface area contributed by atoms with Gasteiger partial charge in [0.15, 0.2) is 5.96 Å². The highest BCUT2D eigenvalue weighted by Crippen LogP contribution is 2.38. The molecular weight excluding hydrogens is 479 g/mol. The van der Waals surface area contributed by atoms with Gasteiger partial charge in [0.1, 0.15) is 6.54 Å². The first-order chi connectivity index (χ1) is 13.5. The van der Waals surface area contributed by atoms with Crippen molar-refractivity contribution in [2.24, 2.45) is 10.4 Å². The normalized spacial score (nSPS) is 26.2. The van der Waals surface area contributed by atoms with Gasteiger partial charge in [-0.15, -0.1) is 24.0 Å². The highest BCUT2D eigenvalue weighted by atomic mass is 127. The van der Waals surface area contributed by atoms with Gasteiger partial charge in [0.2, 0.25) is 5.91 Å². The minimum absolute atomic E-state index is 0. The van der Waals surface area contributed by atoms with Crippen molar-refractivity contribution in [1.82, 2.24) is 15.1 Å². The first kappa shape index (κ1) is 22.3. The maximum absolute atomic E-state index is 12.1. The van der Waals surface area contributed by atoms with Gasteiger partial charge in [-0.1, -0.05) is 24.3 Å². The van der Waals surface area contributed by atoms with Gasteiger partial charge >= 0.3 is 0 Å². The lowest BCUT2D eigenvalue weighted by molar-refractivity contribution is -0.127. The van der Waals surface area contributed by atoms with Gasteiger partial charge < -0.3 is 19.9 Å². The second kappa shape index (κ2) is 9.64. The Bertz CT molecular complexity index is 746. The van der Waals surface area contributed by atoms with E-state index >= 15 is 0 Å². The summed E-state index contributed by atoms with van der Waals surface area (Å²) < 4.78 is 5.68. The van der Waals surface area contributed by atoms with Gasteiger partial charge in [-0.2, -0.15) is 0 Å². The van der Waals surface area contributed by atoms with Gasteiger partial charge in [0.05, 0.1) is 6.61 Å². The van der Waals surface area contributed by atoms with Crippen LogP contribution in [0.2, 0.25) is 0 Å². The van der Waals surface area contributed by atoms with E-state index in [2.05, 4.69) is 34.5 Å². The van der Waals surface area contributed by atoms with Crippen LogP contribution in [0.1, 0.15) is 30.4 Å². The van der Waals surface area contributed by atoms with Crippen LogP contribution in [-0.2, 0) is 22.4 Å². The summed E-state index contributed by atoms with van der Waals surface area (Å²) in [6.07, 6.45) is 5.47. The number of likely N-dealkylation sites (N-methyl/N-ethyl adjacent to an activating group) is 1. The number of carbonyl (C=O) groups excluding carboxylic acids is 1. The molecule has 0 saturated carbocycles. The second-order valence-electron chi connectivity index (χ2n) is 8.75. The SMILES string of the molecule is CN(C)C(=O)CN=C(NC1CCc2ccccc2C1)N1CCC2(CCOC2)C1.I. The lowest BCUT2D eigenvalue weighted by atomic mass is 9.87. The number of rotatable bonds is 3. The Hall–Kier alpha value is -1.35. The van der Waals surface area contributed by atoms with Gasteiger partial charge in [-0.05, 0) is 43.2 Å². The highest BCUT2D eigenvalue weighted by molar-refractivity contribution is 14.0. The summed E-state index contributed by atoms with van der Waals surface area (Å²) in [5.41, 5.74) is 3.16. The number of aliphatic imine (C=N–C) groups is 1. The lowest BCUT2D eigenvalue weighted by Gasteiger charge is -2.31. The standard InChI is InChI=1S/C22H32N4O2.HI/c1-25(2)20(27)14-23-21(26-11-9-22(15-26)10-12-28-16-22)24-19-8-7-17-5-3-4-6-18(17)13-19;/h3-6,19H,7-16H2,1-2H3,(H,23,24);1H. The monoisotopic (exact) mass is 512 g/mol. The van der Waals surface area contributed by atoms with Crippen molar-refractivity contribution in [3.8, 4) is 0 Å². The predicted octanol–water partition coefficient (Wildman–Crippen LogP) is 2.31. The topological polar surface area (TPSA) is 57.2 Å². The van der Waals surface area contributed by atoms with E-state index in [-0.39, 0.29) is 41.8 Å². The Morgan fingerprint density at radius 2 is 2.10 bits per heavy atom. The first-order valence-corrected chi connectivity index (χ1v) is 10.5. The number of benzene rings is 1. The molecule has 2 heterocycles. The Kier molecular flexibility index (Phi) is 7.42. The zero-order valence-corrected chi connectivity index (χ0v) is 19.9. The molecule has 0 aromatic heterocycles. The van der Waals surface area contributed by atoms with Crippen LogP contribution < -0.4 is 5.32 Å². The summed E-state index contributed by atoms with van der Waals surface area (Å²) in [7, 11) is 3.56. The summed E-state index contributed by atoms with van der Waals surface area (Å²) in [6.45, 7) is 3.86. The molecule has 0 bridgehead atoms. The van der Waals surface area contributed by atoms with Crippen LogP contribution in [0, 0.1) is 5.41 Å². The third-order valence-electron chi connectivity index (χ3n) is 6.47. The van der Waals surface area contributed by atoms with E-state index in [1.54, 1.807) is 19.0 Å². The largest absolute Gasteiger partial charge is 0.381 e. The number of aryl methyl sites for hydroxylation is 1. The van der Waals surface area contributed by atoms with Crippen molar-refractivity contribution in [3.05, 3.63) is 35.4 Å². The average Bonchev–Trinajstić information content (AvgIpc) is 3.34. The fourth-order valence-electron chi connectivity index (χ4n) is 4.61. The Labute approximate surface area is 191 Å². The molecule has 2 unspecified atom stereocenters. The first-order valence-electron chi connectivity index (χ1n) is 10.5. The molecule has 1 spiro atoms. The average molecular weight is 512 g/mol. The van der Waals surface area contributed by atoms with Crippen LogP contribution in [0.5, 0.6) is 0 Å². The van der Waals surface area contributed by atoms with E-state index in [4.69, 9.17) is 9.73 Å². The van der Waals surface area contributed by atoms with Crippen molar-refractivity contribution in [2.45, 2.75) is 38.1 Å². The maximum atomic E-state index is 12.1. The van der Waals surface area contributed by atoms with Crippen molar-refractivity contribution in [1.29, 1.82) is 0 Å². The molecule has 1 aromatic carbocycles. The lowest BCUT2D eigenvalue weighted by Crippen LogP contribution is -2.48. The van der Waals surface area contributed by atoms with Gasteiger partial charge in [-0.3, -0.25) is 4.79 Å². The highest BCUT2D eigenvalue weighted by Gasteiger charge is 2.42. The van der Waals surface area contributed by atoms with Crippen molar-refractivity contribution in [2.75, 3.05) is 46.9 Å². The molecule has 2 saturated heterocycles. The summed E-state index contributed by atoms with van der Waals surface area (Å²) in [5, 5.41) is 3.70. The molecule has 2 fully saturated rings. The molecular formula is C22H33IN4O2. The van der Waals surface area contributed by atoms with E-state index in [1.807, 2.05) is 0 Å². The van der Waals surface area contributed by atoms with Crippen LogP contribution in [0.3, 0.4) is 0 Å². The number of ether oxygens (including phenoxy) is 1. The molecule has 1 aliphatic carbocycles. The number of halogens is 1. The van der Waals surface area contributed by atoms with E-state index in [0.717, 1.165) is 64.4 Å². The van der Waals surface area contributed by atoms with Gasteiger partial charge in [-0.25, -0.2) is 4.99 Å². The van der Waals surface area contributed by atoms with E-state index in [9.17, 15) is 4.79 Å². The molecule has 0 radical (unpaired) electrons. The second-order valence-corrected chi connectivity index (χ2v) is 8.75. The van der Waals surface area contributed by atoms with E-state index < -0.39 is 0 Å². The van der Waals surface area contributed by atoms with E-state index in [1.165, 1.54) is 11.1 Å². The molecule has 6 nitrogen and oxygen atoms in total. The Morgan fingerprint density at radius 1 is 1.31 bits per heavy atom. The van der Waals surface area contributed by atoms with Crippen molar-refractivity contribution < 1.29 is 9.53 Å². The van der Waals surface area contributed by atoms with Crippen LogP contribution in [-0.4, -0.2) is 74.7 Å². The van der Waals surface area contributed by atoms with E-state index in [0.29, 0.717) is 6.04 Å². The number of nitrogens with zero attached hydrogens (tertiary/aromatic N) is 3. The number of guanidine groups is 1. The maximum Gasteiger partial charge on any atom is 0.243 e. The van der Waals surface area contributed by atoms with Crippen molar-refractivity contribution in [3.63, 3.8) is 0 Å². The minimum Gasteiger partial charge on any atom is -0.381 e. The molecule has 2 atom stereocenters. The molecule has 160 valence electrons.